The van der Waals surface area contributed by atoms with Gasteiger partial charge < -0.3 is 4.90 Å². The highest BCUT2D eigenvalue weighted by Gasteiger charge is 2.35. The molecule has 68 valence electrons. The Labute approximate surface area is 76.7 Å². The monoisotopic (exact) mass is 188 g/mol. The molecule has 1 aliphatic heterocycles. The normalized spacial score (nSPS) is 23.7. The fourth-order valence-corrected chi connectivity index (χ4v) is 1.33. The first-order valence-electron chi connectivity index (χ1n) is 3.82. The summed E-state index contributed by atoms with van der Waals surface area (Å²) in [6, 6.07) is -0.339. The summed E-state index contributed by atoms with van der Waals surface area (Å²) in [5, 5.41) is 1.58. The number of nitrogens with zero attached hydrogens (tertiary/aromatic N) is 1. The third-order valence-corrected chi connectivity index (χ3v) is 2.10. The predicted molar refractivity (Wildman–Crippen MR) is 47.9 cm³/mol. The molecule has 0 bridgehead atoms. The maximum atomic E-state index is 11.1. The van der Waals surface area contributed by atoms with Crippen molar-refractivity contribution in [2.24, 2.45) is 5.92 Å². The van der Waals surface area contributed by atoms with Gasteiger partial charge in [-0.15, -0.1) is 12.6 Å². The largest absolute Gasteiger partial charge is 0.325 e. The second kappa shape index (κ2) is 3.35. The Morgan fingerprint density at radius 1 is 1.58 bits per heavy atom. The van der Waals surface area contributed by atoms with E-state index in [2.05, 4.69) is 17.9 Å². The molecule has 0 aliphatic carbocycles. The Kier molecular flexibility index (Phi) is 2.62. The molecule has 1 atom stereocenters. The Hall–Kier alpha value is -0.710. The Morgan fingerprint density at radius 3 is 2.50 bits per heavy atom. The van der Waals surface area contributed by atoms with Gasteiger partial charge in [-0.2, -0.15) is 0 Å². The number of rotatable bonds is 2. The summed E-state index contributed by atoms with van der Waals surface area (Å²) in [6.07, 6.45) is 0. The van der Waals surface area contributed by atoms with Crippen molar-refractivity contribution >= 4 is 24.6 Å². The summed E-state index contributed by atoms with van der Waals surface area (Å²) in [5.41, 5.74) is 0. The van der Waals surface area contributed by atoms with Crippen LogP contribution in [0.25, 0.3) is 0 Å². The lowest BCUT2D eigenvalue weighted by atomic mass is 10.2. The molecule has 1 aliphatic rings. The van der Waals surface area contributed by atoms with Gasteiger partial charge in [-0.1, -0.05) is 13.8 Å². The molecule has 5 heteroatoms. The van der Waals surface area contributed by atoms with Gasteiger partial charge in [-0.25, -0.2) is 4.79 Å². The fourth-order valence-electron chi connectivity index (χ4n) is 1.07. The molecule has 0 saturated carbocycles. The number of imide groups is 1. The van der Waals surface area contributed by atoms with Gasteiger partial charge >= 0.3 is 6.03 Å². The SMILES string of the molecule is CC(C)CN1C(=O)NC(=O)C1S. The van der Waals surface area contributed by atoms with Crippen molar-refractivity contribution in [3.63, 3.8) is 0 Å². The van der Waals surface area contributed by atoms with E-state index in [1.165, 1.54) is 4.90 Å². The Balaban J connectivity index is 2.63. The lowest BCUT2D eigenvalue weighted by Gasteiger charge is -2.19. The van der Waals surface area contributed by atoms with Gasteiger partial charge in [-0.3, -0.25) is 10.1 Å². The third kappa shape index (κ3) is 1.72. The van der Waals surface area contributed by atoms with Crippen molar-refractivity contribution in [1.82, 2.24) is 10.2 Å². The molecular weight excluding hydrogens is 176 g/mol. The van der Waals surface area contributed by atoms with Gasteiger partial charge in [0.1, 0.15) is 0 Å². The second-order valence-electron chi connectivity index (χ2n) is 3.21. The molecule has 0 spiro atoms. The minimum atomic E-state index is -0.611. The molecule has 0 aromatic rings. The molecule has 0 radical (unpaired) electrons. The van der Waals surface area contributed by atoms with E-state index in [4.69, 9.17) is 0 Å². The van der Waals surface area contributed by atoms with Gasteiger partial charge in [0.2, 0.25) is 0 Å². The molecule has 1 N–H and O–H groups in total. The molecule has 0 aromatic carbocycles. The summed E-state index contributed by atoms with van der Waals surface area (Å²) >= 11 is 4.01. The van der Waals surface area contributed by atoms with E-state index in [0.29, 0.717) is 12.5 Å². The van der Waals surface area contributed by atoms with Crippen molar-refractivity contribution in [3.8, 4) is 0 Å². The maximum absolute atomic E-state index is 11.1. The van der Waals surface area contributed by atoms with Crippen LogP contribution >= 0.6 is 12.6 Å². The molecule has 4 nitrogen and oxygen atoms in total. The quantitative estimate of drug-likeness (QED) is 0.488. The van der Waals surface area contributed by atoms with Crippen LogP contribution < -0.4 is 5.32 Å². The third-order valence-electron chi connectivity index (χ3n) is 1.58. The number of carbonyl (C=O) groups is 2. The van der Waals surface area contributed by atoms with E-state index in [1.54, 1.807) is 0 Å². The topological polar surface area (TPSA) is 49.4 Å². The summed E-state index contributed by atoms with van der Waals surface area (Å²) in [6.45, 7) is 4.53. The minimum absolute atomic E-state index is 0.330. The van der Waals surface area contributed by atoms with E-state index in [-0.39, 0.29) is 11.9 Å². The minimum Gasteiger partial charge on any atom is -0.303 e. The number of hydrogen-bond acceptors (Lipinski definition) is 3. The number of urea groups is 1. The van der Waals surface area contributed by atoms with Crippen molar-refractivity contribution in [3.05, 3.63) is 0 Å². The van der Waals surface area contributed by atoms with Crippen LogP contribution in [-0.2, 0) is 4.79 Å². The zero-order valence-corrected chi connectivity index (χ0v) is 7.97. The van der Waals surface area contributed by atoms with E-state index >= 15 is 0 Å². The van der Waals surface area contributed by atoms with Crippen LogP contribution in [0, 0.1) is 5.92 Å². The van der Waals surface area contributed by atoms with Crippen molar-refractivity contribution in [1.29, 1.82) is 0 Å². The Morgan fingerprint density at radius 2 is 2.17 bits per heavy atom. The average molecular weight is 188 g/mol. The summed E-state index contributed by atoms with van der Waals surface area (Å²) in [4.78, 5) is 23.4. The molecule has 12 heavy (non-hydrogen) atoms. The van der Waals surface area contributed by atoms with Crippen molar-refractivity contribution in [2.75, 3.05) is 6.54 Å². The molecule has 1 heterocycles. The zero-order valence-electron chi connectivity index (χ0n) is 7.07. The van der Waals surface area contributed by atoms with Crippen LogP contribution in [0.15, 0.2) is 0 Å². The van der Waals surface area contributed by atoms with E-state index in [0.717, 1.165) is 0 Å². The number of thiol groups is 1. The molecule has 3 amide bonds. The van der Waals surface area contributed by atoms with Gasteiger partial charge in [0.05, 0.1) is 0 Å². The highest BCUT2D eigenvalue weighted by molar-refractivity contribution is 7.81. The standard InChI is InChI=1S/C7H12N2O2S/c1-4(2)3-9-6(12)5(10)8-7(9)11/h4,6,12H,3H2,1-2H3,(H,8,10,11). The highest BCUT2D eigenvalue weighted by atomic mass is 32.1. The van der Waals surface area contributed by atoms with E-state index < -0.39 is 5.37 Å². The summed E-state index contributed by atoms with van der Waals surface area (Å²) < 4.78 is 0. The molecule has 1 rings (SSSR count). The van der Waals surface area contributed by atoms with Crippen molar-refractivity contribution < 1.29 is 9.59 Å². The number of carbonyl (C=O) groups excluding carboxylic acids is 2. The van der Waals surface area contributed by atoms with Gasteiger partial charge in [0, 0.05) is 6.54 Å². The van der Waals surface area contributed by atoms with Crippen LogP contribution in [0.3, 0.4) is 0 Å². The zero-order chi connectivity index (χ0) is 9.30. The summed E-state index contributed by atoms with van der Waals surface area (Å²) in [5.74, 6) is 0.0142. The fraction of sp³-hybridized carbons (Fsp3) is 0.714. The van der Waals surface area contributed by atoms with Crippen LogP contribution in [0.4, 0.5) is 4.79 Å². The molecular formula is C7H12N2O2S. The highest BCUT2D eigenvalue weighted by Crippen LogP contribution is 2.13. The molecule has 1 fully saturated rings. The van der Waals surface area contributed by atoms with Crippen LogP contribution in [0.1, 0.15) is 13.8 Å². The first-order valence-corrected chi connectivity index (χ1v) is 4.33. The molecule has 0 aromatic heterocycles. The lowest BCUT2D eigenvalue weighted by molar-refractivity contribution is -0.119. The lowest BCUT2D eigenvalue weighted by Crippen LogP contribution is -2.34. The smallest absolute Gasteiger partial charge is 0.303 e. The number of amides is 3. The maximum Gasteiger partial charge on any atom is 0.325 e. The number of nitrogens with one attached hydrogen (secondary N) is 1. The van der Waals surface area contributed by atoms with E-state index in [9.17, 15) is 9.59 Å². The first kappa shape index (κ1) is 9.38. The first-order chi connectivity index (χ1) is 5.52. The van der Waals surface area contributed by atoms with Crippen LogP contribution in [-0.4, -0.2) is 28.8 Å². The second-order valence-corrected chi connectivity index (χ2v) is 3.70. The summed E-state index contributed by atoms with van der Waals surface area (Å²) in [7, 11) is 0. The predicted octanol–water partition coefficient (Wildman–Crippen LogP) is 0.450. The van der Waals surface area contributed by atoms with Crippen LogP contribution in [0.2, 0.25) is 0 Å². The van der Waals surface area contributed by atoms with Gasteiger partial charge in [0.25, 0.3) is 5.91 Å². The van der Waals surface area contributed by atoms with E-state index in [1.807, 2.05) is 13.8 Å². The number of hydrogen-bond donors (Lipinski definition) is 2. The average Bonchev–Trinajstić information content (AvgIpc) is 2.16. The van der Waals surface area contributed by atoms with Crippen LogP contribution in [0.5, 0.6) is 0 Å². The molecule has 1 unspecified atom stereocenters. The van der Waals surface area contributed by atoms with Gasteiger partial charge in [0.15, 0.2) is 5.37 Å². The molecule has 1 saturated heterocycles. The Bertz CT molecular complexity index is 217. The van der Waals surface area contributed by atoms with Gasteiger partial charge in [-0.05, 0) is 5.92 Å². The van der Waals surface area contributed by atoms with Crippen molar-refractivity contribution in [2.45, 2.75) is 19.2 Å².